The van der Waals surface area contributed by atoms with E-state index in [1.54, 1.807) is 31.7 Å². The quantitative estimate of drug-likeness (QED) is 0.0140. The molecule has 15 rings (SSSR count). The highest BCUT2D eigenvalue weighted by molar-refractivity contribution is 5.85. The van der Waals surface area contributed by atoms with Gasteiger partial charge in [0, 0.05) is 125 Å². The number of piperidine rings is 5. The topological polar surface area (TPSA) is 378 Å². The molecule has 0 spiro atoms. The number of rotatable bonds is 22. The van der Waals surface area contributed by atoms with Crippen molar-refractivity contribution in [2.75, 3.05) is 92.0 Å². The Morgan fingerprint density at radius 3 is 1.12 bits per heavy atom. The number of carbonyl (C=O) groups is 10. The van der Waals surface area contributed by atoms with Crippen LogP contribution in [0.5, 0.6) is 0 Å². The Morgan fingerprint density at radius 1 is 0.466 bits per heavy atom. The molecule has 9 N–H and O–H groups in total. The van der Waals surface area contributed by atoms with Crippen molar-refractivity contribution >= 4 is 73.3 Å². The van der Waals surface area contributed by atoms with E-state index in [4.69, 9.17) is 55.1 Å². The molecular weight excluding hydrogens is 1690 g/mol. The highest BCUT2D eigenvalue weighted by atomic mass is 35.5. The van der Waals surface area contributed by atoms with Gasteiger partial charge < -0.3 is 105 Å². The van der Waals surface area contributed by atoms with Gasteiger partial charge in [0.15, 0.2) is 0 Å². The average Bonchev–Trinajstić information content (AvgIpc) is 1.59. The predicted molar refractivity (Wildman–Crippen MR) is 508 cm³/mol. The summed E-state index contributed by atoms with van der Waals surface area (Å²) in [4.78, 5) is 128. The molecule has 0 saturated carbocycles. The van der Waals surface area contributed by atoms with Gasteiger partial charge in [0.05, 0.1) is 33.0 Å². The number of esters is 1. The number of benzene rings is 4. The van der Waals surface area contributed by atoms with Crippen LogP contribution in [0.4, 0.5) is 38.4 Å². The van der Waals surface area contributed by atoms with Gasteiger partial charge in [0.2, 0.25) is 0 Å². The molecule has 9 fully saturated rings. The van der Waals surface area contributed by atoms with Crippen LogP contribution in [0, 0.1) is 11.8 Å². The summed E-state index contributed by atoms with van der Waals surface area (Å²) in [7, 11) is 0. The van der Waals surface area contributed by atoms with E-state index in [1.165, 1.54) is 57.9 Å². The van der Waals surface area contributed by atoms with E-state index in [0.717, 1.165) is 161 Å². The molecule has 131 heavy (non-hydrogen) atoms. The van der Waals surface area contributed by atoms with E-state index in [-0.39, 0.29) is 104 Å². The number of hydrogen-bond acceptors (Lipinski definition) is 21. The number of fused-ring (bicyclic) bond motifs is 14. The van der Waals surface area contributed by atoms with Gasteiger partial charge in [0.25, 0.3) is 0 Å². The van der Waals surface area contributed by atoms with Crippen LogP contribution in [0.25, 0.3) is 22.3 Å². The van der Waals surface area contributed by atoms with Gasteiger partial charge in [-0.1, -0.05) is 103 Å². The highest BCUT2D eigenvalue weighted by Crippen LogP contribution is 2.48. The van der Waals surface area contributed by atoms with E-state index in [2.05, 4.69) is 71.1 Å². The predicted octanol–water partition coefficient (Wildman–Crippen LogP) is 17.1. The lowest BCUT2D eigenvalue weighted by Gasteiger charge is -2.42. The minimum Gasteiger partial charge on any atom is -0.465 e. The lowest BCUT2D eigenvalue weighted by Crippen LogP contribution is -2.54. The first-order valence-corrected chi connectivity index (χ1v) is 47.9. The normalized spacial score (nSPS) is 22.9. The number of carbonyl (C=O) groups excluding carboxylic acids is 10. The first-order chi connectivity index (χ1) is 62.5. The molecule has 9 heterocycles. The Labute approximate surface area is 783 Å². The van der Waals surface area contributed by atoms with Crippen molar-refractivity contribution in [1.82, 2.24) is 45.3 Å². The second kappa shape index (κ2) is 53.1. The molecule has 31 heteroatoms. The van der Waals surface area contributed by atoms with E-state index in [1.807, 2.05) is 121 Å². The zero-order chi connectivity index (χ0) is 94.0. The van der Waals surface area contributed by atoms with Crippen LogP contribution < -0.4 is 33.2 Å². The first-order valence-electron chi connectivity index (χ1n) is 47.9. The van der Waals surface area contributed by atoms with Gasteiger partial charge in [0.1, 0.15) is 30.7 Å². The molecule has 9 aliphatic heterocycles. The van der Waals surface area contributed by atoms with Crippen molar-refractivity contribution in [2.24, 2.45) is 29.0 Å². The minimum atomic E-state index is -0.565. The van der Waals surface area contributed by atoms with Crippen LogP contribution in [-0.4, -0.2) is 254 Å². The third-order valence-corrected chi connectivity index (χ3v) is 25.9. The number of nitrogens with two attached hydrogens (primary N) is 3. The number of likely N-dealkylation sites (tertiary alicyclic amines) is 1. The van der Waals surface area contributed by atoms with Gasteiger partial charge in [-0.3, -0.25) is 4.79 Å². The second-order valence-electron chi connectivity index (χ2n) is 37.4. The van der Waals surface area contributed by atoms with Crippen molar-refractivity contribution in [1.29, 1.82) is 0 Å². The van der Waals surface area contributed by atoms with Crippen molar-refractivity contribution < 1.29 is 85.8 Å². The van der Waals surface area contributed by atoms with Crippen molar-refractivity contribution in [3.8, 4) is 22.3 Å². The van der Waals surface area contributed by atoms with E-state index < -0.39 is 17.3 Å². The molecule has 0 radical (unpaired) electrons. The molecule has 8 unspecified atom stereocenters. The number of nitrogens with zero attached hydrogens (tertiary/aromatic N) is 6. The summed E-state index contributed by atoms with van der Waals surface area (Å²) in [6.07, 6.45) is 24.2. The van der Waals surface area contributed by atoms with Gasteiger partial charge in [-0.2, -0.15) is 0 Å². The fourth-order valence-corrected chi connectivity index (χ4v) is 20.7. The molecular formula is C100H151ClN12O18. The smallest absolute Gasteiger partial charge is 0.410 e. The fourth-order valence-electron chi connectivity index (χ4n) is 20.7. The Morgan fingerprint density at radius 2 is 0.794 bits per heavy atom. The van der Waals surface area contributed by atoms with E-state index in [9.17, 15) is 47.9 Å². The maximum absolute atomic E-state index is 13.3. The number of ether oxygens (including phenoxy) is 8. The molecule has 4 aromatic carbocycles. The van der Waals surface area contributed by atoms with Crippen LogP contribution in [0.1, 0.15) is 258 Å². The molecule has 11 aliphatic rings. The lowest BCUT2D eigenvalue weighted by atomic mass is 9.87. The summed E-state index contributed by atoms with van der Waals surface area (Å²) >= 11 is 0. The standard InChI is InChI=1S/C27H33N3O4.C19H33N3O3.C18H32N2O4.C16H14O2.C10H18N2O2.C7H13NO3.C3H7N.ClH/c1-2-33-27(32)30-18-11-12-19(30)16-20(15-18)29(14-13-28)26(31)34-17-25-23-9-5-3-7-21(23)22-8-4-6-10-24(22)25;1-2-25-19(24)22-16-8-9-17(22)14-15(13-16)7-6-10-20-18(23)21-11-4-3-5-12-21;1-5-23-17(22)20-14-8-9-15(20)12-13(11-14)7-6-10-19-16(21)24-18(2,3)4;1-11(17)18-10-16-14-8-4-2-6-12(14)13-7-3-5-9-15(13)16;1-2-14-10(13)12-8-3-4-9(12)6-7(11)5-8;1-7(2,3)11-6(10)8-4-5-9;1-2-3-4;/h3-10,18-20,25H,2,11-17,28H2,1H3;15-17H,2-14H2,1H3,(H,20,23);13-15H,5-12H2,1-4H3,(H,19,21);2-9,16H,10H2,1H3;7-9H,2-6,11H2,1H3;5H,4H2,1-3H3,(H,8,10);2H,1,3-4H2;1H. The number of amides is 9. The SMILES string of the molecule is C=CCN.CC(=O)OCC1c2ccccc2-c2ccccc21.CC(C)(C)OC(=O)NCC=O.CCOC(=O)N1C2CCC1CC(CCCNC(=O)N1CCCCC1)C2.CCOC(=O)N1C2CCC1CC(CCCNC(=O)OC(C)(C)C)C2.CCOC(=O)N1C2CCC1CC(N(CCN)C(=O)OCC1c3ccccc3-c3ccccc31)C2.CCOC(=O)N1C2CCC1CC(N)C2.Cl. The number of halogens is 1. The van der Waals surface area contributed by atoms with Crippen LogP contribution >= 0.6 is 12.4 Å². The van der Waals surface area contributed by atoms with Crippen LogP contribution in [-0.2, 0) is 47.5 Å². The molecule has 8 atom stereocenters. The number of nitrogens with one attached hydrogen (secondary N) is 3. The monoisotopic (exact) mass is 1840 g/mol. The molecule has 726 valence electrons. The minimum absolute atomic E-state index is 0. The van der Waals surface area contributed by atoms with Crippen molar-refractivity contribution in [3.63, 3.8) is 0 Å². The summed E-state index contributed by atoms with van der Waals surface area (Å²) in [6, 6.07) is 36.0. The summed E-state index contributed by atoms with van der Waals surface area (Å²) in [5.41, 5.74) is 25.6. The van der Waals surface area contributed by atoms with Crippen LogP contribution in [0.2, 0.25) is 0 Å². The number of aldehydes is 1. The zero-order valence-corrected chi connectivity index (χ0v) is 80.3. The van der Waals surface area contributed by atoms with Gasteiger partial charge in [-0.15, -0.1) is 19.0 Å². The zero-order valence-electron chi connectivity index (χ0n) is 79.5. The summed E-state index contributed by atoms with van der Waals surface area (Å²) in [5.74, 6) is 1.28. The van der Waals surface area contributed by atoms with Crippen LogP contribution in [0.15, 0.2) is 110 Å². The Hall–Kier alpha value is -9.91. The third-order valence-electron chi connectivity index (χ3n) is 25.9. The number of urea groups is 1. The maximum Gasteiger partial charge on any atom is 0.410 e. The second-order valence-corrected chi connectivity index (χ2v) is 37.4. The lowest BCUT2D eigenvalue weighted by molar-refractivity contribution is -0.141. The van der Waals surface area contributed by atoms with Gasteiger partial charge >= 0.3 is 54.7 Å². The Kier molecular flexibility index (Phi) is 43.1. The Bertz CT molecular complexity index is 4170. The molecule has 30 nitrogen and oxygen atoms in total. The summed E-state index contributed by atoms with van der Waals surface area (Å²) in [6.45, 7) is 30.1. The molecule has 2 aliphatic carbocycles. The largest absolute Gasteiger partial charge is 0.465 e. The van der Waals surface area contributed by atoms with E-state index in [0.29, 0.717) is 120 Å². The third kappa shape index (κ3) is 31.1. The number of hydrogen-bond donors (Lipinski definition) is 6. The van der Waals surface area contributed by atoms with Crippen molar-refractivity contribution in [2.45, 2.75) is 307 Å². The van der Waals surface area contributed by atoms with Crippen molar-refractivity contribution in [3.05, 3.63) is 132 Å². The molecule has 9 saturated heterocycles. The Balaban J connectivity index is 0.000000198. The molecule has 9 amide bonds. The molecule has 8 bridgehead atoms. The summed E-state index contributed by atoms with van der Waals surface area (Å²) < 4.78 is 41.9. The van der Waals surface area contributed by atoms with Gasteiger partial charge in [-0.05, 0) is 273 Å². The number of alkyl carbamates (subject to hydrolysis) is 2. The summed E-state index contributed by atoms with van der Waals surface area (Å²) in [5, 5.41) is 8.15. The molecule has 4 aromatic rings. The fraction of sp³-hybridized carbons (Fsp3) is 0.640. The molecule has 0 aromatic heterocycles. The van der Waals surface area contributed by atoms with Crippen LogP contribution in [0.3, 0.4) is 0 Å². The maximum atomic E-state index is 13.3. The average molecular weight is 1840 g/mol. The first kappa shape index (κ1) is 106. The van der Waals surface area contributed by atoms with E-state index >= 15 is 0 Å². The van der Waals surface area contributed by atoms with Gasteiger partial charge in [-0.25, -0.2) is 38.4 Å². The highest BCUT2D eigenvalue weighted by Gasteiger charge is 2.49.